The molecule has 1 aromatic carbocycles. The molecule has 32 heavy (non-hydrogen) atoms. The number of carbonyl (C=O) groups is 2. The molecule has 0 aliphatic rings. The maximum absolute atomic E-state index is 13.1. The minimum atomic E-state index is -1.08. The molecule has 6 heteroatoms. The van der Waals surface area contributed by atoms with Crippen LogP contribution in [-0.2, 0) is 11.2 Å². The molecular weight excluding hydrogens is 404 g/mol. The third kappa shape index (κ3) is 4.95. The van der Waals surface area contributed by atoms with Crippen molar-refractivity contribution in [2.24, 2.45) is 11.3 Å². The van der Waals surface area contributed by atoms with E-state index in [-0.39, 0.29) is 18.1 Å². The number of imidazole rings is 1. The molecule has 0 saturated carbocycles. The van der Waals surface area contributed by atoms with Crippen LogP contribution in [0.2, 0.25) is 0 Å². The van der Waals surface area contributed by atoms with E-state index in [1.54, 1.807) is 25.3 Å². The number of nitrogens with zero attached hydrogens (tertiary/aromatic N) is 2. The number of carboxylic acid groups (broad SMARTS) is 1. The summed E-state index contributed by atoms with van der Waals surface area (Å²) in [5, 5.41) is 9.75. The fourth-order valence-electron chi connectivity index (χ4n) is 4.67. The van der Waals surface area contributed by atoms with Gasteiger partial charge in [0, 0.05) is 18.0 Å². The van der Waals surface area contributed by atoms with Crippen molar-refractivity contribution in [3.05, 3.63) is 53.7 Å². The van der Waals surface area contributed by atoms with Crippen LogP contribution < -0.4 is 0 Å². The lowest BCUT2D eigenvalue weighted by atomic mass is 9.77. The summed E-state index contributed by atoms with van der Waals surface area (Å²) in [5.74, 6) is 0.839. The molecule has 0 saturated heterocycles. The fourth-order valence-corrected chi connectivity index (χ4v) is 4.67. The Bertz CT molecular complexity index is 1080. The van der Waals surface area contributed by atoms with Crippen molar-refractivity contribution < 1.29 is 19.1 Å². The first-order valence-electron chi connectivity index (χ1n) is 11.5. The first-order valence-corrected chi connectivity index (χ1v) is 11.5. The molecule has 3 rings (SSSR count). The summed E-state index contributed by atoms with van der Waals surface area (Å²) in [5.41, 5.74) is 1.16. The first-order chi connectivity index (χ1) is 15.2. The number of aliphatic carboxylic acids is 1. The molecule has 0 aliphatic carbocycles. The third-order valence-electron chi connectivity index (χ3n) is 6.23. The van der Waals surface area contributed by atoms with Crippen molar-refractivity contribution in [3.8, 4) is 0 Å². The van der Waals surface area contributed by atoms with E-state index in [1.807, 2.05) is 32.0 Å². The Labute approximate surface area is 189 Å². The number of fused-ring (bicyclic) bond motifs is 1. The van der Waals surface area contributed by atoms with Crippen LogP contribution in [0.5, 0.6) is 0 Å². The lowest BCUT2D eigenvalue weighted by Crippen LogP contribution is -2.32. The molecule has 1 unspecified atom stereocenters. The predicted molar refractivity (Wildman–Crippen MR) is 125 cm³/mol. The van der Waals surface area contributed by atoms with Gasteiger partial charge in [-0.25, -0.2) is 4.98 Å². The van der Waals surface area contributed by atoms with Crippen molar-refractivity contribution in [3.63, 3.8) is 0 Å². The maximum atomic E-state index is 13.1. The monoisotopic (exact) mass is 438 g/mol. The van der Waals surface area contributed by atoms with E-state index in [9.17, 15) is 14.7 Å². The summed E-state index contributed by atoms with van der Waals surface area (Å²) >= 11 is 0. The minimum Gasteiger partial charge on any atom is -0.481 e. The summed E-state index contributed by atoms with van der Waals surface area (Å²) < 4.78 is 7.80. The quantitative estimate of drug-likeness (QED) is 0.356. The Kier molecular flexibility index (Phi) is 7.22. The number of furan rings is 1. The van der Waals surface area contributed by atoms with Gasteiger partial charge in [-0.2, -0.15) is 0 Å². The van der Waals surface area contributed by atoms with E-state index in [2.05, 4.69) is 18.4 Å². The van der Waals surface area contributed by atoms with E-state index < -0.39 is 11.4 Å². The number of aromatic nitrogens is 2. The van der Waals surface area contributed by atoms with Crippen LogP contribution >= 0.6 is 0 Å². The molecule has 3 aromatic rings. The first kappa shape index (κ1) is 23.8. The van der Waals surface area contributed by atoms with Gasteiger partial charge in [-0.05, 0) is 62.4 Å². The molecule has 0 bridgehead atoms. The van der Waals surface area contributed by atoms with E-state index in [0.29, 0.717) is 24.4 Å². The molecular formula is C26H34N2O4. The zero-order chi connectivity index (χ0) is 23.5. The highest BCUT2D eigenvalue weighted by Crippen LogP contribution is 2.33. The van der Waals surface area contributed by atoms with Gasteiger partial charge in [-0.3, -0.25) is 9.59 Å². The molecule has 2 aromatic heterocycles. The average molecular weight is 439 g/mol. The standard InChI is InChI=1S/C26H34N2O4/c1-6-19(7-2)28-22-11-10-18(23(29)16-26(5,25(30)31)15-17(3)4)13-21(22)27-24(28)14-20-9-8-12-32-20/h8-13,17,19H,6-7,14-16H2,1-5H3,(H,30,31). The predicted octanol–water partition coefficient (Wildman–Crippen LogP) is 6.29. The Morgan fingerprint density at radius 3 is 2.47 bits per heavy atom. The van der Waals surface area contributed by atoms with Gasteiger partial charge in [-0.15, -0.1) is 0 Å². The van der Waals surface area contributed by atoms with Crippen molar-refractivity contribution in [2.45, 2.75) is 72.8 Å². The van der Waals surface area contributed by atoms with E-state index in [0.717, 1.165) is 35.5 Å². The normalized spacial score (nSPS) is 13.7. The fraction of sp³-hybridized carbons (Fsp3) is 0.500. The van der Waals surface area contributed by atoms with Crippen LogP contribution in [0, 0.1) is 11.3 Å². The highest BCUT2D eigenvalue weighted by molar-refractivity contribution is 6.01. The second-order valence-electron chi connectivity index (χ2n) is 9.39. The van der Waals surface area contributed by atoms with E-state index in [1.165, 1.54) is 0 Å². The van der Waals surface area contributed by atoms with Gasteiger partial charge < -0.3 is 14.1 Å². The number of carbonyl (C=O) groups excluding carboxylic acids is 1. The molecule has 0 amide bonds. The highest BCUT2D eigenvalue weighted by Gasteiger charge is 2.36. The third-order valence-corrected chi connectivity index (χ3v) is 6.23. The summed E-state index contributed by atoms with van der Waals surface area (Å²) in [6.45, 7) is 9.94. The van der Waals surface area contributed by atoms with Gasteiger partial charge in [-0.1, -0.05) is 27.7 Å². The van der Waals surface area contributed by atoms with Gasteiger partial charge in [0.05, 0.1) is 29.1 Å². The number of benzene rings is 1. The van der Waals surface area contributed by atoms with Crippen molar-refractivity contribution in [1.29, 1.82) is 0 Å². The van der Waals surface area contributed by atoms with Gasteiger partial charge in [0.1, 0.15) is 11.6 Å². The minimum absolute atomic E-state index is 0.0292. The lowest BCUT2D eigenvalue weighted by Gasteiger charge is -2.26. The van der Waals surface area contributed by atoms with Gasteiger partial charge in [0.15, 0.2) is 5.78 Å². The number of rotatable bonds is 11. The number of ketones is 1. The van der Waals surface area contributed by atoms with E-state index in [4.69, 9.17) is 9.40 Å². The second-order valence-corrected chi connectivity index (χ2v) is 9.39. The summed E-state index contributed by atoms with van der Waals surface area (Å²) in [6.07, 6.45) is 4.60. The van der Waals surface area contributed by atoms with Crippen LogP contribution in [0.4, 0.5) is 0 Å². The molecule has 0 fully saturated rings. The highest BCUT2D eigenvalue weighted by atomic mass is 16.4. The summed E-state index contributed by atoms with van der Waals surface area (Å²) in [6, 6.07) is 9.66. The van der Waals surface area contributed by atoms with Crippen molar-refractivity contribution in [1.82, 2.24) is 9.55 Å². The van der Waals surface area contributed by atoms with Crippen LogP contribution in [0.15, 0.2) is 41.0 Å². The summed E-state index contributed by atoms with van der Waals surface area (Å²) in [4.78, 5) is 29.8. The topological polar surface area (TPSA) is 85.3 Å². The molecule has 0 spiro atoms. The van der Waals surface area contributed by atoms with Gasteiger partial charge >= 0.3 is 5.97 Å². The molecule has 172 valence electrons. The smallest absolute Gasteiger partial charge is 0.309 e. The van der Waals surface area contributed by atoms with Gasteiger partial charge in [0.25, 0.3) is 0 Å². The zero-order valence-electron chi connectivity index (χ0n) is 19.7. The molecule has 1 N–H and O–H groups in total. The van der Waals surface area contributed by atoms with E-state index >= 15 is 0 Å². The molecule has 0 aliphatic heterocycles. The SMILES string of the molecule is CCC(CC)n1c(Cc2ccco2)nc2cc(C(=O)CC(C)(CC(C)C)C(=O)O)ccc21. The Morgan fingerprint density at radius 2 is 1.91 bits per heavy atom. The van der Waals surface area contributed by atoms with Crippen LogP contribution in [0.1, 0.15) is 88.3 Å². The largest absolute Gasteiger partial charge is 0.481 e. The summed E-state index contributed by atoms with van der Waals surface area (Å²) in [7, 11) is 0. The van der Waals surface area contributed by atoms with Crippen molar-refractivity contribution >= 4 is 22.8 Å². The number of Topliss-reactive ketones (excluding diaryl/α,β-unsaturated/α-hetero) is 1. The second kappa shape index (κ2) is 9.72. The number of hydrogen-bond donors (Lipinski definition) is 1. The lowest BCUT2D eigenvalue weighted by molar-refractivity contribution is -0.148. The molecule has 1 atom stereocenters. The number of hydrogen-bond acceptors (Lipinski definition) is 4. The Balaban J connectivity index is 1.99. The van der Waals surface area contributed by atoms with Crippen LogP contribution in [0.25, 0.3) is 11.0 Å². The Hall–Kier alpha value is -2.89. The Morgan fingerprint density at radius 1 is 1.19 bits per heavy atom. The molecule has 0 radical (unpaired) electrons. The average Bonchev–Trinajstić information content (AvgIpc) is 3.36. The van der Waals surface area contributed by atoms with Crippen molar-refractivity contribution in [2.75, 3.05) is 0 Å². The molecule has 6 nitrogen and oxygen atoms in total. The van der Waals surface area contributed by atoms with Gasteiger partial charge in [0.2, 0.25) is 0 Å². The van der Waals surface area contributed by atoms with Crippen LogP contribution in [-0.4, -0.2) is 26.4 Å². The van der Waals surface area contributed by atoms with Crippen LogP contribution in [0.3, 0.4) is 0 Å². The zero-order valence-corrected chi connectivity index (χ0v) is 19.7. The molecule has 2 heterocycles. The number of carboxylic acids is 1. The maximum Gasteiger partial charge on any atom is 0.309 e.